The van der Waals surface area contributed by atoms with E-state index in [1.54, 1.807) is 6.20 Å². The van der Waals surface area contributed by atoms with Gasteiger partial charge in [0.15, 0.2) is 5.58 Å². The van der Waals surface area contributed by atoms with E-state index in [1.807, 2.05) is 19.9 Å². The SMILES string of the molecule is CC.Cc1cc(C)c2cnoc2c1. The third-order valence-corrected chi connectivity index (χ3v) is 1.83. The lowest BCUT2D eigenvalue weighted by atomic mass is 10.1. The molecule has 2 aromatic rings. The molecule has 2 rings (SSSR count). The van der Waals surface area contributed by atoms with E-state index in [9.17, 15) is 0 Å². The van der Waals surface area contributed by atoms with Crippen molar-refractivity contribution in [2.45, 2.75) is 27.7 Å². The second kappa shape index (κ2) is 4.08. The molecule has 2 heteroatoms. The van der Waals surface area contributed by atoms with Gasteiger partial charge in [-0.1, -0.05) is 25.1 Å². The molecule has 0 aliphatic rings. The Morgan fingerprint density at radius 1 is 1.15 bits per heavy atom. The van der Waals surface area contributed by atoms with Crippen molar-refractivity contribution in [1.82, 2.24) is 5.16 Å². The van der Waals surface area contributed by atoms with E-state index < -0.39 is 0 Å². The van der Waals surface area contributed by atoms with E-state index in [1.165, 1.54) is 11.1 Å². The summed E-state index contributed by atoms with van der Waals surface area (Å²) in [6.45, 7) is 8.11. The Morgan fingerprint density at radius 2 is 1.85 bits per heavy atom. The molecule has 1 aromatic carbocycles. The molecule has 1 heterocycles. The van der Waals surface area contributed by atoms with E-state index in [0.29, 0.717) is 0 Å². The topological polar surface area (TPSA) is 26.0 Å². The van der Waals surface area contributed by atoms with Crippen LogP contribution in [0.5, 0.6) is 0 Å². The fraction of sp³-hybridized carbons (Fsp3) is 0.364. The van der Waals surface area contributed by atoms with Crippen LogP contribution < -0.4 is 0 Å². The average molecular weight is 177 g/mol. The van der Waals surface area contributed by atoms with Crippen LogP contribution in [0.1, 0.15) is 25.0 Å². The molecule has 1 aromatic heterocycles. The first kappa shape index (κ1) is 9.78. The first-order chi connectivity index (χ1) is 6.27. The molecular weight excluding hydrogens is 162 g/mol. The van der Waals surface area contributed by atoms with E-state index in [2.05, 4.69) is 25.1 Å². The highest BCUT2D eigenvalue weighted by molar-refractivity contribution is 5.80. The highest BCUT2D eigenvalue weighted by atomic mass is 16.5. The second-order valence-electron chi connectivity index (χ2n) is 2.82. The summed E-state index contributed by atoms with van der Waals surface area (Å²) in [5.41, 5.74) is 3.32. The van der Waals surface area contributed by atoms with Gasteiger partial charge in [0.05, 0.1) is 6.20 Å². The van der Waals surface area contributed by atoms with E-state index >= 15 is 0 Å². The van der Waals surface area contributed by atoms with Gasteiger partial charge in [0.25, 0.3) is 0 Å². The van der Waals surface area contributed by atoms with Crippen molar-refractivity contribution < 1.29 is 4.52 Å². The zero-order valence-electron chi connectivity index (χ0n) is 8.59. The summed E-state index contributed by atoms with van der Waals surface area (Å²) in [5, 5.41) is 4.84. The highest BCUT2D eigenvalue weighted by Crippen LogP contribution is 2.19. The van der Waals surface area contributed by atoms with Crippen molar-refractivity contribution in [2.24, 2.45) is 0 Å². The van der Waals surface area contributed by atoms with E-state index in [4.69, 9.17) is 4.52 Å². The van der Waals surface area contributed by atoms with Crippen LogP contribution in [0.15, 0.2) is 22.9 Å². The molecule has 0 unspecified atom stereocenters. The molecule has 0 bridgehead atoms. The molecular formula is C11H15NO. The molecule has 0 atom stereocenters. The lowest BCUT2D eigenvalue weighted by molar-refractivity contribution is 0.456. The summed E-state index contributed by atoms with van der Waals surface area (Å²) in [6.07, 6.45) is 1.75. The maximum Gasteiger partial charge on any atom is 0.167 e. The number of fused-ring (bicyclic) bond motifs is 1. The Hall–Kier alpha value is -1.31. The first-order valence-electron chi connectivity index (χ1n) is 4.59. The van der Waals surface area contributed by atoms with Gasteiger partial charge in [-0.15, -0.1) is 0 Å². The molecule has 70 valence electrons. The lowest BCUT2D eigenvalue weighted by Crippen LogP contribution is -1.76. The average Bonchev–Trinajstić information content (AvgIpc) is 2.55. The van der Waals surface area contributed by atoms with Gasteiger partial charge in [0.2, 0.25) is 0 Å². The van der Waals surface area contributed by atoms with Crippen LogP contribution in [0.4, 0.5) is 0 Å². The maximum atomic E-state index is 5.03. The fourth-order valence-corrected chi connectivity index (χ4v) is 1.32. The molecule has 2 nitrogen and oxygen atoms in total. The monoisotopic (exact) mass is 177 g/mol. The Labute approximate surface area is 78.5 Å². The largest absolute Gasteiger partial charge is 0.356 e. The summed E-state index contributed by atoms with van der Waals surface area (Å²) in [7, 11) is 0. The van der Waals surface area contributed by atoms with Gasteiger partial charge in [-0.05, 0) is 31.0 Å². The third-order valence-electron chi connectivity index (χ3n) is 1.83. The van der Waals surface area contributed by atoms with Gasteiger partial charge >= 0.3 is 0 Å². The predicted octanol–water partition coefficient (Wildman–Crippen LogP) is 3.47. The smallest absolute Gasteiger partial charge is 0.167 e. The summed E-state index contributed by atoms with van der Waals surface area (Å²) in [4.78, 5) is 0. The second-order valence-corrected chi connectivity index (χ2v) is 2.82. The molecule has 0 N–H and O–H groups in total. The molecule has 0 fully saturated rings. The number of nitrogens with zero attached hydrogens (tertiary/aromatic N) is 1. The van der Waals surface area contributed by atoms with Gasteiger partial charge in [-0.25, -0.2) is 0 Å². The zero-order valence-corrected chi connectivity index (χ0v) is 8.59. The van der Waals surface area contributed by atoms with Crippen molar-refractivity contribution in [3.05, 3.63) is 29.5 Å². The summed E-state index contributed by atoms with van der Waals surface area (Å²) in [5.74, 6) is 0. The summed E-state index contributed by atoms with van der Waals surface area (Å²) >= 11 is 0. The minimum Gasteiger partial charge on any atom is -0.356 e. The highest BCUT2D eigenvalue weighted by Gasteiger charge is 2.01. The lowest BCUT2D eigenvalue weighted by Gasteiger charge is -1.94. The minimum atomic E-state index is 0.877. The predicted molar refractivity (Wildman–Crippen MR) is 54.8 cm³/mol. The third kappa shape index (κ3) is 1.89. The molecule has 0 amide bonds. The molecule has 0 aliphatic heterocycles. The van der Waals surface area contributed by atoms with Crippen molar-refractivity contribution in [3.63, 3.8) is 0 Å². The van der Waals surface area contributed by atoms with E-state index in [0.717, 1.165) is 11.0 Å². The number of hydrogen-bond acceptors (Lipinski definition) is 2. The standard InChI is InChI=1S/C9H9NO.C2H6/c1-6-3-7(2)8-5-10-11-9(8)4-6;1-2/h3-5H,1-2H3;1-2H3. The van der Waals surface area contributed by atoms with Crippen molar-refractivity contribution in [3.8, 4) is 0 Å². The number of aromatic nitrogens is 1. The van der Waals surface area contributed by atoms with Crippen LogP contribution in [0.3, 0.4) is 0 Å². The molecule has 0 radical (unpaired) electrons. The molecule has 0 saturated heterocycles. The first-order valence-corrected chi connectivity index (χ1v) is 4.59. The van der Waals surface area contributed by atoms with Crippen LogP contribution in [0.25, 0.3) is 11.0 Å². The number of rotatable bonds is 0. The van der Waals surface area contributed by atoms with Crippen LogP contribution in [0.2, 0.25) is 0 Å². The van der Waals surface area contributed by atoms with E-state index in [-0.39, 0.29) is 0 Å². The van der Waals surface area contributed by atoms with Gasteiger partial charge in [0.1, 0.15) is 0 Å². The summed E-state index contributed by atoms with van der Waals surface area (Å²) in [6, 6.07) is 4.12. The van der Waals surface area contributed by atoms with Crippen LogP contribution >= 0.6 is 0 Å². The van der Waals surface area contributed by atoms with Crippen molar-refractivity contribution in [1.29, 1.82) is 0 Å². The number of benzene rings is 1. The molecule has 0 spiro atoms. The van der Waals surface area contributed by atoms with Gasteiger partial charge in [-0.2, -0.15) is 0 Å². The Bertz CT molecular complexity index is 390. The van der Waals surface area contributed by atoms with Crippen LogP contribution in [-0.4, -0.2) is 5.16 Å². The van der Waals surface area contributed by atoms with Crippen LogP contribution in [0, 0.1) is 13.8 Å². The minimum absolute atomic E-state index is 0.877. The maximum absolute atomic E-state index is 5.03. The van der Waals surface area contributed by atoms with Crippen molar-refractivity contribution in [2.75, 3.05) is 0 Å². The van der Waals surface area contributed by atoms with Gasteiger partial charge in [0, 0.05) is 5.39 Å². The Balaban J connectivity index is 0.000000396. The van der Waals surface area contributed by atoms with Gasteiger partial charge in [-0.3, -0.25) is 0 Å². The molecule has 13 heavy (non-hydrogen) atoms. The Kier molecular flexibility index (Phi) is 3.07. The fourth-order valence-electron chi connectivity index (χ4n) is 1.32. The molecule has 0 aliphatic carbocycles. The molecule has 0 saturated carbocycles. The van der Waals surface area contributed by atoms with Crippen LogP contribution in [-0.2, 0) is 0 Å². The normalized spacial score (nSPS) is 9.54. The zero-order chi connectivity index (χ0) is 9.84. The van der Waals surface area contributed by atoms with Crippen molar-refractivity contribution >= 4 is 11.0 Å². The quantitative estimate of drug-likeness (QED) is 0.615. The number of aryl methyl sites for hydroxylation is 2. The Morgan fingerprint density at radius 3 is 2.54 bits per heavy atom. The number of hydrogen-bond donors (Lipinski definition) is 0. The summed E-state index contributed by atoms with van der Waals surface area (Å²) < 4.78 is 5.03. The van der Waals surface area contributed by atoms with Gasteiger partial charge < -0.3 is 4.52 Å².